The Hall–Kier alpha value is -0.970. The van der Waals surface area contributed by atoms with Gasteiger partial charge in [0.25, 0.3) is 0 Å². The molecule has 0 spiro atoms. The molecule has 1 rings (SSSR count). The molecule has 0 radical (unpaired) electrons. The quantitative estimate of drug-likeness (QED) is 0.738. The zero-order valence-corrected chi connectivity index (χ0v) is 11.1. The highest BCUT2D eigenvalue weighted by atomic mass is 16.7. The number of nitrogens with zero attached hydrogens (tertiary/aromatic N) is 1. The largest absolute Gasteiger partial charge is 0.354 e. The van der Waals surface area contributed by atoms with Gasteiger partial charge in [-0.3, -0.25) is 4.98 Å². The standard InChI is InChI=1S/C13H22N2O2/c1-5-7-15-12(13(16-3)17-4)11-9-14-8-6-10(11)2/h6,8-9,12-13,15H,5,7H2,1-4H3. The SMILES string of the molecule is CCCNC(c1cnccc1C)C(OC)OC. The first-order valence-electron chi connectivity index (χ1n) is 5.94. The molecule has 17 heavy (non-hydrogen) atoms. The van der Waals surface area contributed by atoms with Crippen molar-refractivity contribution in [3.05, 3.63) is 29.6 Å². The molecular formula is C13H22N2O2. The van der Waals surface area contributed by atoms with Crippen LogP contribution < -0.4 is 5.32 Å². The third kappa shape index (κ3) is 3.77. The van der Waals surface area contributed by atoms with Gasteiger partial charge < -0.3 is 14.8 Å². The van der Waals surface area contributed by atoms with Crippen molar-refractivity contribution in [2.45, 2.75) is 32.6 Å². The van der Waals surface area contributed by atoms with Crippen molar-refractivity contribution in [3.63, 3.8) is 0 Å². The van der Waals surface area contributed by atoms with Crippen molar-refractivity contribution < 1.29 is 9.47 Å². The van der Waals surface area contributed by atoms with Gasteiger partial charge in [0.2, 0.25) is 0 Å². The predicted molar refractivity (Wildman–Crippen MR) is 67.8 cm³/mol. The summed E-state index contributed by atoms with van der Waals surface area (Å²) in [5.74, 6) is 0. The lowest BCUT2D eigenvalue weighted by molar-refractivity contribution is -0.124. The Morgan fingerprint density at radius 2 is 2.06 bits per heavy atom. The summed E-state index contributed by atoms with van der Waals surface area (Å²) in [5.41, 5.74) is 2.31. The average molecular weight is 238 g/mol. The highest BCUT2D eigenvalue weighted by molar-refractivity contribution is 5.25. The van der Waals surface area contributed by atoms with E-state index in [4.69, 9.17) is 9.47 Å². The monoisotopic (exact) mass is 238 g/mol. The van der Waals surface area contributed by atoms with E-state index in [0.717, 1.165) is 18.5 Å². The number of aryl methyl sites for hydroxylation is 1. The van der Waals surface area contributed by atoms with Crippen molar-refractivity contribution >= 4 is 0 Å². The minimum absolute atomic E-state index is 0.0126. The fourth-order valence-corrected chi connectivity index (χ4v) is 1.82. The van der Waals surface area contributed by atoms with E-state index in [1.807, 2.05) is 12.3 Å². The maximum Gasteiger partial charge on any atom is 0.176 e. The van der Waals surface area contributed by atoms with Crippen LogP contribution in [0.2, 0.25) is 0 Å². The lowest BCUT2D eigenvalue weighted by Crippen LogP contribution is -2.35. The van der Waals surface area contributed by atoms with Gasteiger partial charge in [0, 0.05) is 26.6 Å². The number of pyridine rings is 1. The number of methoxy groups -OCH3 is 2. The third-order valence-corrected chi connectivity index (χ3v) is 2.77. The van der Waals surface area contributed by atoms with Crippen LogP contribution in [0, 0.1) is 6.92 Å². The molecule has 0 aliphatic rings. The van der Waals surface area contributed by atoms with E-state index in [1.54, 1.807) is 20.4 Å². The van der Waals surface area contributed by atoms with Crippen molar-refractivity contribution in [1.82, 2.24) is 10.3 Å². The van der Waals surface area contributed by atoms with Gasteiger partial charge in [-0.25, -0.2) is 0 Å². The molecule has 1 N–H and O–H groups in total. The molecule has 0 saturated carbocycles. The molecule has 0 bridgehead atoms. The van der Waals surface area contributed by atoms with Crippen LogP contribution in [-0.2, 0) is 9.47 Å². The van der Waals surface area contributed by atoms with Crippen molar-refractivity contribution in [2.75, 3.05) is 20.8 Å². The summed E-state index contributed by atoms with van der Waals surface area (Å²) in [6, 6.07) is 2.01. The summed E-state index contributed by atoms with van der Waals surface area (Å²) >= 11 is 0. The molecule has 0 amide bonds. The number of aromatic nitrogens is 1. The van der Waals surface area contributed by atoms with E-state index < -0.39 is 0 Å². The second kappa shape index (κ2) is 7.37. The summed E-state index contributed by atoms with van der Waals surface area (Å²) in [6.07, 6.45) is 4.43. The molecule has 1 heterocycles. The van der Waals surface area contributed by atoms with Crippen molar-refractivity contribution in [2.24, 2.45) is 0 Å². The van der Waals surface area contributed by atoms with Crippen LogP contribution in [0.4, 0.5) is 0 Å². The first-order valence-corrected chi connectivity index (χ1v) is 5.94. The molecule has 0 aliphatic carbocycles. The van der Waals surface area contributed by atoms with Crippen LogP contribution in [0.25, 0.3) is 0 Å². The Balaban J connectivity index is 2.92. The number of hydrogen-bond acceptors (Lipinski definition) is 4. The van der Waals surface area contributed by atoms with Gasteiger partial charge in [0.15, 0.2) is 6.29 Å². The van der Waals surface area contributed by atoms with E-state index in [2.05, 4.69) is 24.1 Å². The zero-order chi connectivity index (χ0) is 12.7. The number of nitrogens with one attached hydrogen (secondary N) is 1. The molecular weight excluding hydrogens is 216 g/mol. The minimum Gasteiger partial charge on any atom is -0.354 e. The van der Waals surface area contributed by atoms with Crippen LogP contribution >= 0.6 is 0 Å². The third-order valence-electron chi connectivity index (χ3n) is 2.77. The first-order chi connectivity index (χ1) is 8.24. The highest BCUT2D eigenvalue weighted by Gasteiger charge is 2.23. The van der Waals surface area contributed by atoms with Gasteiger partial charge in [-0.2, -0.15) is 0 Å². The van der Waals surface area contributed by atoms with E-state index in [9.17, 15) is 0 Å². The molecule has 1 aromatic rings. The minimum atomic E-state index is -0.301. The lowest BCUT2D eigenvalue weighted by atomic mass is 10.0. The Labute approximate surface area is 103 Å². The number of rotatable bonds is 7. The van der Waals surface area contributed by atoms with Crippen LogP contribution in [0.3, 0.4) is 0 Å². The Bertz CT molecular complexity index is 327. The topological polar surface area (TPSA) is 43.4 Å². The molecule has 1 atom stereocenters. The Kier molecular flexibility index (Phi) is 6.11. The van der Waals surface area contributed by atoms with E-state index in [0.29, 0.717) is 0 Å². The second-order valence-electron chi connectivity index (χ2n) is 4.00. The van der Waals surface area contributed by atoms with Gasteiger partial charge in [-0.15, -0.1) is 0 Å². The van der Waals surface area contributed by atoms with E-state index in [-0.39, 0.29) is 12.3 Å². The van der Waals surface area contributed by atoms with Gasteiger partial charge in [-0.05, 0) is 37.1 Å². The van der Waals surface area contributed by atoms with Gasteiger partial charge in [0.05, 0.1) is 6.04 Å². The molecule has 4 nitrogen and oxygen atoms in total. The molecule has 0 fully saturated rings. The normalized spacial score (nSPS) is 13.0. The lowest BCUT2D eigenvalue weighted by Gasteiger charge is -2.27. The molecule has 0 aliphatic heterocycles. The predicted octanol–water partition coefficient (Wildman–Crippen LogP) is 2.05. The summed E-state index contributed by atoms with van der Waals surface area (Å²) < 4.78 is 10.7. The van der Waals surface area contributed by atoms with Gasteiger partial charge in [0.1, 0.15) is 0 Å². The van der Waals surface area contributed by atoms with Gasteiger partial charge in [-0.1, -0.05) is 6.92 Å². The summed E-state index contributed by atoms with van der Waals surface area (Å²) in [4.78, 5) is 4.17. The first kappa shape index (κ1) is 14.1. The molecule has 1 unspecified atom stereocenters. The maximum atomic E-state index is 5.36. The maximum absolute atomic E-state index is 5.36. The molecule has 1 aromatic heterocycles. The number of ether oxygens (including phenoxy) is 2. The molecule has 0 saturated heterocycles. The summed E-state index contributed by atoms with van der Waals surface area (Å²) in [5, 5.41) is 3.44. The summed E-state index contributed by atoms with van der Waals surface area (Å²) in [6.45, 7) is 5.12. The van der Waals surface area contributed by atoms with Crippen LogP contribution in [-0.4, -0.2) is 32.0 Å². The summed E-state index contributed by atoms with van der Waals surface area (Å²) in [7, 11) is 3.31. The van der Waals surface area contributed by atoms with E-state index >= 15 is 0 Å². The smallest absolute Gasteiger partial charge is 0.176 e. The Morgan fingerprint density at radius 3 is 2.59 bits per heavy atom. The molecule has 0 aromatic carbocycles. The average Bonchev–Trinajstić information content (AvgIpc) is 2.36. The van der Waals surface area contributed by atoms with Crippen LogP contribution in [0.5, 0.6) is 0 Å². The van der Waals surface area contributed by atoms with Gasteiger partial charge >= 0.3 is 0 Å². The second-order valence-corrected chi connectivity index (χ2v) is 4.00. The van der Waals surface area contributed by atoms with Crippen molar-refractivity contribution in [1.29, 1.82) is 0 Å². The van der Waals surface area contributed by atoms with Crippen LogP contribution in [0.15, 0.2) is 18.5 Å². The van der Waals surface area contributed by atoms with E-state index in [1.165, 1.54) is 5.56 Å². The van der Waals surface area contributed by atoms with Crippen molar-refractivity contribution in [3.8, 4) is 0 Å². The zero-order valence-electron chi connectivity index (χ0n) is 11.1. The number of hydrogen-bond donors (Lipinski definition) is 1. The van der Waals surface area contributed by atoms with Crippen LogP contribution in [0.1, 0.15) is 30.5 Å². The fraction of sp³-hybridized carbons (Fsp3) is 0.615. The highest BCUT2D eigenvalue weighted by Crippen LogP contribution is 2.22. The Morgan fingerprint density at radius 1 is 1.35 bits per heavy atom. The molecule has 96 valence electrons. The molecule has 4 heteroatoms. The fourth-order valence-electron chi connectivity index (χ4n) is 1.82.